The molecular weight excluding hydrogens is 372 g/mol. The average Bonchev–Trinajstić information content (AvgIpc) is 3.12. The number of carbonyl (C=O) groups is 2. The van der Waals surface area contributed by atoms with Crippen LogP contribution in [0.4, 0.5) is 0 Å². The van der Waals surface area contributed by atoms with Gasteiger partial charge in [0.2, 0.25) is 11.8 Å². The van der Waals surface area contributed by atoms with E-state index in [1.807, 2.05) is 21.1 Å². The van der Waals surface area contributed by atoms with Crippen molar-refractivity contribution < 1.29 is 9.59 Å². The van der Waals surface area contributed by atoms with E-state index in [9.17, 15) is 9.59 Å². The maximum atomic E-state index is 12.6. The smallest absolute Gasteiger partial charge is 0.236 e. The minimum Gasteiger partial charge on any atom is -0.339 e. The zero-order chi connectivity index (χ0) is 19.5. The van der Waals surface area contributed by atoms with E-state index in [-0.39, 0.29) is 11.8 Å². The van der Waals surface area contributed by atoms with Crippen molar-refractivity contribution in [2.75, 3.05) is 58.9 Å². The van der Waals surface area contributed by atoms with Gasteiger partial charge in [-0.25, -0.2) is 0 Å². The monoisotopic (exact) mass is 400 g/mol. The average molecular weight is 401 g/mol. The number of nitrogens with zero attached hydrogens (tertiary/aromatic N) is 4. The summed E-state index contributed by atoms with van der Waals surface area (Å²) in [6.45, 7) is 9.55. The highest BCUT2D eigenvalue weighted by atomic mass is 32.1. The molecule has 2 aliphatic rings. The van der Waals surface area contributed by atoms with Crippen LogP contribution in [0.2, 0.25) is 0 Å². The van der Waals surface area contributed by atoms with E-state index in [1.54, 1.807) is 6.92 Å². The summed E-state index contributed by atoms with van der Waals surface area (Å²) in [7, 11) is 0. The molecule has 2 saturated heterocycles. The summed E-state index contributed by atoms with van der Waals surface area (Å²) in [5, 5.41) is 3.65. The van der Waals surface area contributed by atoms with Crippen LogP contribution in [0.3, 0.4) is 0 Å². The van der Waals surface area contributed by atoms with E-state index in [0.29, 0.717) is 32.7 Å². The van der Waals surface area contributed by atoms with Crippen molar-refractivity contribution in [3.05, 3.63) is 35.2 Å². The fraction of sp³-hybridized carbons (Fsp3) is 0.524. The Morgan fingerprint density at radius 3 is 2.25 bits per heavy atom. The van der Waals surface area contributed by atoms with Crippen LogP contribution in [0, 0.1) is 0 Å². The summed E-state index contributed by atoms with van der Waals surface area (Å²) < 4.78 is 1.35. The molecule has 1 aromatic heterocycles. The second kappa shape index (κ2) is 8.59. The minimum absolute atomic E-state index is 0.0987. The molecule has 150 valence electrons. The lowest BCUT2D eigenvalue weighted by Crippen LogP contribution is -2.54. The van der Waals surface area contributed by atoms with Gasteiger partial charge in [-0.15, -0.1) is 11.3 Å². The molecule has 0 aliphatic carbocycles. The molecule has 0 bridgehead atoms. The first kappa shape index (κ1) is 19.4. The summed E-state index contributed by atoms with van der Waals surface area (Å²) in [5.41, 5.74) is 1.41. The third-order valence-corrected chi connectivity index (χ3v) is 6.87. The number of piperazine rings is 2. The summed E-state index contributed by atoms with van der Waals surface area (Å²) >= 11 is 1.82. The topological polar surface area (TPSA) is 47.1 Å². The minimum atomic E-state index is 0.0987. The van der Waals surface area contributed by atoms with Crippen LogP contribution >= 0.6 is 11.3 Å². The van der Waals surface area contributed by atoms with Gasteiger partial charge in [0.1, 0.15) is 0 Å². The quantitative estimate of drug-likeness (QED) is 0.784. The van der Waals surface area contributed by atoms with E-state index in [1.165, 1.54) is 15.6 Å². The van der Waals surface area contributed by atoms with Gasteiger partial charge < -0.3 is 9.80 Å². The molecule has 0 N–H and O–H groups in total. The molecule has 1 aromatic carbocycles. The SMILES string of the molecule is CC(=O)N1CCN(C(=O)CN2CCN(Cc3csc4ccccc34)CC2)CC1. The van der Waals surface area contributed by atoms with Gasteiger partial charge in [0.15, 0.2) is 0 Å². The Kier molecular flexibility index (Phi) is 5.94. The van der Waals surface area contributed by atoms with Crippen LogP contribution in [-0.2, 0) is 16.1 Å². The lowest BCUT2D eigenvalue weighted by Gasteiger charge is -2.37. The Morgan fingerprint density at radius 1 is 0.893 bits per heavy atom. The third-order valence-electron chi connectivity index (χ3n) is 5.86. The lowest BCUT2D eigenvalue weighted by atomic mass is 10.1. The largest absolute Gasteiger partial charge is 0.339 e. The second-order valence-corrected chi connectivity index (χ2v) is 8.61. The molecule has 28 heavy (non-hydrogen) atoms. The van der Waals surface area contributed by atoms with Gasteiger partial charge in [0, 0.05) is 70.5 Å². The number of thiophene rings is 1. The molecular formula is C21H28N4O2S. The van der Waals surface area contributed by atoms with E-state index < -0.39 is 0 Å². The van der Waals surface area contributed by atoms with Crippen LogP contribution in [0.25, 0.3) is 10.1 Å². The predicted octanol–water partition coefficient (Wildman–Crippen LogP) is 1.71. The summed E-state index contributed by atoms with van der Waals surface area (Å²) in [4.78, 5) is 32.5. The summed E-state index contributed by atoms with van der Waals surface area (Å²) in [6, 6.07) is 8.60. The Balaban J connectivity index is 1.23. The number of hydrogen-bond donors (Lipinski definition) is 0. The van der Waals surface area contributed by atoms with E-state index >= 15 is 0 Å². The second-order valence-electron chi connectivity index (χ2n) is 7.70. The molecule has 0 unspecified atom stereocenters. The van der Waals surface area contributed by atoms with Crippen LogP contribution in [0.1, 0.15) is 12.5 Å². The number of amides is 2. The predicted molar refractivity (Wildman–Crippen MR) is 112 cm³/mol. The molecule has 2 aromatic rings. The van der Waals surface area contributed by atoms with Crippen molar-refractivity contribution in [3.8, 4) is 0 Å². The van der Waals surface area contributed by atoms with Gasteiger partial charge in [0.05, 0.1) is 6.54 Å². The van der Waals surface area contributed by atoms with Crippen LogP contribution < -0.4 is 0 Å². The number of benzene rings is 1. The molecule has 0 atom stereocenters. The van der Waals surface area contributed by atoms with Crippen LogP contribution in [0.15, 0.2) is 29.6 Å². The Morgan fingerprint density at radius 2 is 1.54 bits per heavy atom. The molecule has 0 radical (unpaired) electrons. The normalized spacial score (nSPS) is 19.3. The summed E-state index contributed by atoms with van der Waals surface area (Å²) in [5.74, 6) is 0.294. The van der Waals surface area contributed by atoms with Crippen LogP contribution in [-0.4, -0.2) is 90.3 Å². The fourth-order valence-electron chi connectivity index (χ4n) is 4.06. The third kappa shape index (κ3) is 4.37. The number of fused-ring (bicyclic) bond motifs is 1. The van der Waals surface area contributed by atoms with Crippen molar-refractivity contribution in [3.63, 3.8) is 0 Å². The van der Waals surface area contributed by atoms with Crippen molar-refractivity contribution in [1.82, 2.24) is 19.6 Å². The lowest BCUT2D eigenvalue weighted by molar-refractivity contribution is -0.139. The van der Waals surface area contributed by atoms with Gasteiger partial charge in [0.25, 0.3) is 0 Å². The molecule has 2 amide bonds. The van der Waals surface area contributed by atoms with Crippen molar-refractivity contribution in [1.29, 1.82) is 0 Å². The van der Waals surface area contributed by atoms with E-state index in [2.05, 4.69) is 39.4 Å². The van der Waals surface area contributed by atoms with Crippen molar-refractivity contribution in [2.45, 2.75) is 13.5 Å². The molecule has 0 spiro atoms. The molecule has 0 saturated carbocycles. The molecule has 2 fully saturated rings. The first-order valence-electron chi connectivity index (χ1n) is 10.0. The highest BCUT2D eigenvalue weighted by Gasteiger charge is 2.25. The van der Waals surface area contributed by atoms with Crippen molar-refractivity contribution in [2.24, 2.45) is 0 Å². The number of hydrogen-bond acceptors (Lipinski definition) is 5. The maximum Gasteiger partial charge on any atom is 0.236 e. The number of carbonyl (C=O) groups excluding carboxylic acids is 2. The zero-order valence-corrected chi connectivity index (χ0v) is 17.3. The van der Waals surface area contributed by atoms with Gasteiger partial charge >= 0.3 is 0 Å². The van der Waals surface area contributed by atoms with Gasteiger partial charge in [-0.3, -0.25) is 19.4 Å². The Bertz CT molecular complexity index is 836. The van der Waals surface area contributed by atoms with Gasteiger partial charge in [-0.2, -0.15) is 0 Å². The highest BCUT2D eigenvalue weighted by molar-refractivity contribution is 7.17. The fourth-order valence-corrected chi connectivity index (χ4v) is 5.02. The standard InChI is InChI=1S/C21H28N4O2S/c1-17(26)24-10-12-25(13-11-24)21(27)15-23-8-6-22(7-9-23)14-18-16-28-20-5-3-2-4-19(18)20/h2-5,16H,6-15H2,1H3. The number of rotatable bonds is 4. The molecule has 3 heterocycles. The first-order valence-corrected chi connectivity index (χ1v) is 10.9. The highest BCUT2D eigenvalue weighted by Crippen LogP contribution is 2.26. The summed E-state index contributed by atoms with van der Waals surface area (Å²) in [6.07, 6.45) is 0. The maximum absolute atomic E-state index is 12.6. The van der Waals surface area contributed by atoms with E-state index in [0.717, 1.165) is 32.7 Å². The zero-order valence-electron chi connectivity index (χ0n) is 16.5. The molecule has 4 rings (SSSR count). The van der Waals surface area contributed by atoms with Crippen LogP contribution in [0.5, 0.6) is 0 Å². The molecule has 2 aliphatic heterocycles. The molecule has 7 heteroatoms. The molecule has 6 nitrogen and oxygen atoms in total. The van der Waals surface area contributed by atoms with E-state index in [4.69, 9.17) is 0 Å². The van der Waals surface area contributed by atoms with Gasteiger partial charge in [-0.1, -0.05) is 18.2 Å². The first-order chi connectivity index (χ1) is 13.6. The Hall–Kier alpha value is -1.96. The Labute approximate surface area is 170 Å². The van der Waals surface area contributed by atoms with Crippen molar-refractivity contribution >= 4 is 33.2 Å². The van der Waals surface area contributed by atoms with Gasteiger partial charge in [-0.05, 0) is 22.4 Å².